The highest BCUT2D eigenvalue weighted by Gasteiger charge is 2.32. The van der Waals surface area contributed by atoms with Crippen molar-refractivity contribution in [2.75, 3.05) is 20.1 Å². The highest BCUT2D eigenvalue weighted by Crippen LogP contribution is 2.35. The molecule has 2 unspecified atom stereocenters. The average molecular weight is 303 g/mol. The van der Waals surface area contributed by atoms with Crippen molar-refractivity contribution in [3.8, 4) is 0 Å². The molecule has 1 aliphatic heterocycles. The van der Waals surface area contributed by atoms with E-state index in [-0.39, 0.29) is 30.3 Å². The topological polar surface area (TPSA) is 32.3 Å². The van der Waals surface area contributed by atoms with E-state index < -0.39 is 0 Å². The van der Waals surface area contributed by atoms with Crippen molar-refractivity contribution >= 4 is 29.7 Å². The molecule has 2 heterocycles. The first kappa shape index (κ1) is 16.5. The molecule has 1 aromatic rings. The fourth-order valence-corrected chi connectivity index (χ4v) is 3.71. The maximum atomic E-state index is 12.5. The van der Waals surface area contributed by atoms with Gasteiger partial charge >= 0.3 is 0 Å². The summed E-state index contributed by atoms with van der Waals surface area (Å²) in [4.78, 5) is 16.0. The summed E-state index contributed by atoms with van der Waals surface area (Å²) in [7, 11) is 1.90. The Bertz CT molecular complexity index is 421. The van der Waals surface area contributed by atoms with Crippen molar-refractivity contribution in [2.24, 2.45) is 5.92 Å². The summed E-state index contributed by atoms with van der Waals surface area (Å²) in [6, 6.07) is 2.47. The van der Waals surface area contributed by atoms with Crippen molar-refractivity contribution in [2.45, 2.75) is 32.7 Å². The number of carbonyl (C=O) groups excluding carboxylic acids is 1. The third-order valence-electron chi connectivity index (χ3n) is 3.70. The van der Waals surface area contributed by atoms with Gasteiger partial charge < -0.3 is 10.2 Å². The number of nitrogens with zero attached hydrogens (tertiary/aromatic N) is 1. The van der Waals surface area contributed by atoms with E-state index in [1.54, 1.807) is 0 Å². The fourth-order valence-electron chi connectivity index (χ4n) is 2.78. The number of hydrogen-bond donors (Lipinski definition) is 1. The molecule has 0 aliphatic carbocycles. The van der Waals surface area contributed by atoms with Crippen LogP contribution in [0.1, 0.15) is 36.8 Å². The Labute approximate surface area is 125 Å². The van der Waals surface area contributed by atoms with Gasteiger partial charge in [0.2, 0.25) is 5.91 Å². The van der Waals surface area contributed by atoms with Crippen LogP contribution in [0.2, 0.25) is 0 Å². The maximum absolute atomic E-state index is 12.5. The molecule has 0 aromatic carbocycles. The lowest BCUT2D eigenvalue weighted by Crippen LogP contribution is -2.43. The molecule has 5 heteroatoms. The fraction of sp³-hybridized carbons (Fsp3) is 0.643. The molecule has 1 amide bonds. The number of carbonyl (C=O) groups is 1. The second-order valence-corrected chi connectivity index (χ2v) is 5.96. The van der Waals surface area contributed by atoms with Crippen LogP contribution < -0.4 is 5.32 Å². The minimum atomic E-state index is 0. The first-order valence-corrected chi connectivity index (χ1v) is 7.58. The number of rotatable bonds is 4. The largest absolute Gasteiger partial charge is 0.335 e. The van der Waals surface area contributed by atoms with Gasteiger partial charge in [-0.3, -0.25) is 4.79 Å². The number of thiophene rings is 1. The smallest absolute Gasteiger partial charge is 0.227 e. The molecule has 2 rings (SSSR count). The monoisotopic (exact) mass is 302 g/mol. The number of fused-ring (bicyclic) bond motifs is 1. The summed E-state index contributed by atoms with van der Waals surface area (Å²) in [5.74, 6) is 0.345. The van der Waals surface area contributed by atoms with Crippen molar-refractivity contribution in [3.63, 3.8) is 0 Å². The van der Waals surface area contributed by atoms with Crippen LogP contribution in [0.25, 0.3) is 0 Å². The van der Waals surface area contributed by atoms with Gasteiger partial charge in [0.1, 0.15) is 0 Å². The Morgan fingerprint density at radius 3 is 3.00 bits per heavy atom. The van der Waals surface area contributed by atoms with Crippen LogP contribution in [0.3, 0.4) is 0 Å². The normalized spacial score (nSPS) is 19.5. The van der Waals surface area contributed by atoms with Crippen LogP contribution in [0.15, 0.2) is 11.4 Å². The summed E-state index contributed by atoms with van der Waals surface area (Å²) in [5.41, 5.74) is 1.37. The van der Waals surface area contributed by atoms with Gasteiger partial charge in [0.15, 0.2) is 0 Å². The molecule has 0 saturated heterocycles. The number of halogens is 1. The van der Waals surface area contributed by atoms with Crippen LogP contribution in [-0.4, -0.2) is 30.9 Å². The molecule has 1 aliphatic rings. The maximum Gasteiger partial charge on any atom is 0.227 e. The molecule has 0 saturated carbocycles. The van der Waals surface area contributed by atoms with Gasteiger partial charge in [0.05, 0.1) is 6.04 Å². The Hall–Kier alpha value is -0.580. The zero-order chi connectivity index (χ0) is 13.1. The Balaban J connectivity index is 0.00000180. The zero-order valence-electron chi connectivity index (χ0n) is 11.8. The van der Waals surface area contributed by atoms with E-state index in [9.17, 15) is 4.79 Å². The average Bonchev–Trinajstić information content (AvgIpc) is 2.85. The molecule has 3 nitrogen and oxygen atoms in total. The van der Waals surface area contributed by atoms with Gasteiger partial charge in [-0.2, -0.15) is 0 Å². The van der Waals surface area contributed by atoms with Crippen LogP contribution >= 0.6 is 23.7 Å². The van der Waals surface area contributed by atoms with Gasteiger partial charge in [0.25, 0.3) is 0 Å². The lowest BCUT2D eigenvalue weighted by Gasteiger charge is -2.37. The lowest BCUT2D eigenvalue weighted by molar-refractivity contribution is -0.137. The molecule has 108 valence electrons. The second-order valence-electron chi connectivity index (χ2n) is 4.96. The van der Waals surface area contributed by atoms with Crippen LogP contribution in [0.4, 0.5) is 0 Å². The van der Waals surface area contributed by atoms with E-state index in [0.717, 1.165) is 25.9 Å². The number of amides is 1. The summed E-state index contributed by atoms with van der Waals surface area (Å²) >= 11 is 1.83. The van der Waals surface area contributed by atoms with E-state index >= 15 is 0 Å². The van der Waals surface area contributed by atoms with Gasteiger partial charge in [-0.1, -0.05) is 13.8 Å². The minimum Gasteiger partial charge on any atom is -0.335 e. The van der Waals surface area contributed by atoms with E-state index in [1.807, 2.05) is 25.3 Å². The van der Waals surface area contributed by atoms with E-state index in [2.05, 4.69) is 28.6 Å². The Morgan fingerprint density at radius 1 is 1.63 bits per heavy atom. The molecule has 0 spiro atoms. The number of hydrogen-bond acceptors (Lipinski definition) is 3. The highest BCUT2D eigenvalue weighted by molar-refractivity contribution is 7.10. The molecule has 19 heavy (non-hydrogen) atoms. The van der Waals surface area contributed by atoms with Crippen molar-refractivity contribution < 1.29 is 4.79 Å². The van der Waals surface area contributed by atoms with E-state index in [4.69, 9.17) is 0 Å². The second kappa shape index (κ2) is 7.27. The molecular formula is C14H23ClN2OS. The SMILES string of the molecule is CCC1c2ccsc2CCN1C(=O)C(C)CNC.Cl. The third kappa shape index (κ3) is 3.30. The summed E-state index contributed by atoms with van der Waals surface area (Å²) < 4.78 is 0. The quantitative estimate of drug-likeness (QED) is 0.927. The first-order valence-electron chi connectivity index (χ1n) is 6.70. The van der Waals surface area contributed by atoms with Crippen LogP contribution in [0.5, 0.6) is 0 Å². The predicted octanol–water partition coefficient (Wildman–Crippen LogP) is 2.86. The van der Waals surface area contributed by atoms with Crippen molar-refractivity contribution in [1.82, 2.24) is 10.2 Å². The minimum absolute atomic E-state index is 0. The molecule has 1 N–H and O–H groups in total. The molecule has 2 atom stereocenters. The van der Waals surface area contributed by atoms with Gasteiger partial charge in [-0.15, -0.1) is 23.7 Å². The molecule has 1 aromatic heterocycles. The molecular weight excluding hydrogens is 280 g/mol. The van der Waals surface area contributed by atoms with Crippen LogP contribution in [0, 0.1) is 5.92 Å². The van der Waals surface area contributed by atoms with Gasteiger partial charge in [-0.05, 0) is 36.9 Å². The standard InChI is InChI=1S/C14H22N2OS.ClH/c1-4-12-11-6-8-18-13(11)5-7-16(12)14(17)10(2)9-15-3;/h6,8,10,12,15H,4-5,7,9H2,1-3H3;1H. The summed E-state index contributed by atoms with van der Waals surface area (Å²) in [6.45, 7) is 5.80. The zero-order valence-corrected chi connectivity index (χ0v) is 13.4. The van der Waals surface area contributed by atoms with Gasteiger partial charge in [-0.25, -0.2) is 0 Å². The van der Waals surface area contributed by atoms with Crippen molar-refractivity contribution in [1.29, 1.82) is 0 Å². The third-order valence-corrected chi connectivity index (χ3v) is 4.69. The number of nitrogens with one attached hydrogen (secondary N) is 1. The summed E-state index contributed by atoms with van der Waals surface area (Å²) in [5, 5.41) is 5.24. The molecule has 0 radical (unpaired) electrons. The molecule has 0 fully saturated rings. The first-order chi connectivity index (χ1) is 8.69. The van der Waals surface area contributed by atoms with Crippen molar-refractivity contribution in [3.05, 3.63) is 21.9 Å². The van der Waals surface area contributed by atoms with E-state index in [1.165, 1.54) is 10.4 Å². The summed E-state index contributed by atoms with van der Waals surface area (Å²) in [6.07, 6.45) is 2.02. The van der Waals surface area contributed by atoms with E-state index in [0.29, 0.717) is 0 Å². The van der Waals surface area contributed by atoms with Crippen LogP contribution in [-0.2, 0) is 11.2 Å². The predicted molar refractivity (Wildman–Crippen MR) is 83.1 cm³/mol. The Kier molecular flexibility index (Phi) is 6.30. The Morgan fingerprint density at radius 2 is 2.37 bits per heavy atom. The lowest BCUT2D eigenvalue weighted by atomic mass is 9.96. The van der Waals surface area contributed by atoms with Gasteiger partial charge in [0, 0.05) is 23.9 Å². The highest BCUT2D eigenvalue weighted by atomic mass is 35.5. The molecule has 0 bridgehead atoms.